The lowest BCUT2D eigenvalue weighted by Crippen LogP contribution is -2.12. The number of rotatable bonds is 3. The van der Waals surface area contributed by atoms with Crippen molar-refractivity contribution in [2.24, 2.45) is 0 Å². The summed E-state index contributed by atoms with van der Waals surface area (Å²) in [6, 6.07) is 13.1. The minimum Gasteiger partial charge on any atom is -0.312 e. The van der Waals surface area contributed by atoms with Crippen LogP contribution in [0.25, 0.3) is 10.2 Å². The van der Waals surface area contributed by atoms with E-state index >= 15 is 0 Å². The first kappa shape index (κ1) is 12.9. The van der Waals surface area contributed by atoms with Crippen LogP contribution in [0.2, 0.25) is 0 Å². The number of H-pyrrole nitrogens is 1. The summed E-state index contributed by atoms with van der Waals surface area (Å²) in [4.78, 5) is 13.9. The van der Waals surface area contributed by atoms with Gasteiger partial charge in [0.15, 0.2) is 0 Å². The van der Waals surface area contributed by atoms with Crippen LogP contribution in [0.1, 0.15) is 0 Å². The van der Waals surface area contributed by atoms with Crippen LogP contribution in [0.3, 0.4) is 0 Å². The summed E-state index contributed by atoms with van der Waals surface area (Å²) >= 11 is 1.04. The van der Waals surface area contributed by atoms with Gasteiger partial charge in [-0.1, -0.05) is 29.5 Å². The lowest BCUT2D eigenvalue weighted by atomic mass is 10.3. The third kappa shape index (κ3) is 2.45. The van der Waals surface area contributed by atoms with Gasteiger partial charge in [-0.25, -0.2) is 8.42 Å². The molecule has 2 N–H and O–H groups in total. The molecule has 0 bridgehead atoms. The van der Waals surface area contributed by atoms with Crippen LogP contribution in [0.5, 0.6) is 0 Å². The Morgan fingerprint density at radius 3 is 2.55 bits per heavy atom. The Balaban J connectivity index is 1.98. The van der Waals surface area contributed by atoms with Crippen molar-refractivity contribution in [3.63, 3.8) is 0 Å². The number of sulfonamides is 1. The predicted octanol–water partition coefficient (Wildman–Crippen LogP) is 2.39. The molecule has 0 saturated heterocycles. The highest BCUT2D eigenvalue weighted by Crippen LogP contribution is 2.22. The standard InChI is InChI=1S/C13H10N2O3S2/c16-13-14-11-7-6-9(8-12(11)19-13)15-20(17,18)10-4-2-1-3-5-10/h1-8,15H,(H,14,16). The molecule has 0 amide bonds. The molecular weight excluding hydrogens is 296 g/mol. The van der Waals surface area contributed by atoms with E-state index in [9.17, 15) is 13.2 Å². The van der Waals surface area contributed by atoms with E-state index in [0.717, 1.165) is 11.3 Å². The third-order valence-electron chi connectivity index (χ3n) is 2.73. The van der Waals surface area contributed by atoms with Gasteiger partial charge < -0.3 is 4.98 Å². The van der Waals surface area contributed by atoms with Crippen molar-refractivity contribution in [2.75, 3.05) is 4.72 Å². The SMILES string of the molecule is O=c1[nH]c2ccc(NS(=O)(=O)c3ccccc3)cc2s1. The second kappa shape index (κ2) is 4.77. The molecule has 0 unspecified atom stereocenters. The number of fused-ring (bicyclic) bond motifs is 1. The lowest BCUT2D eigenvalue weighted by Gasteiger charge is -2.07. The first-order valence-electron chi connectivity index (χ1n) is 5.75. The molecule has 1 heterocycles. The van der Waals surface area contributed by atoms with Gasteiger partial charge in [-0.15, -0.1) is 0 Å². The zero-order valence-electron chi connectivity index (χ0n) is 10.2. The van der Waals surface area contributed by atoms with E-state index < -0.39 is 10.0 Å². The smallest absolute Gasteiger partial charge is 0.305 e. The number of aromatic nitrogens is 1. The van der Waals surface area contributed by atoms with E-state index in [4.69, 9.17) is 0 Å². The summed E-state index contributed by atoms with van der Waals surface area (Å²) in [5.41, 5.74) is 1.12. The van der Waals surface area contributed by atoms with E-state index in [-0.39, 0.29) is 9.77 Å². The van der Waals surface area contributed by atoms with Gasteiger partial charge in [0.05, 0.1) is 20.8 Å². The van der Waals surface area contributed by atoms with Crippen molar-refractivity contribution in [1.82, 2.24) is 4.98 Å². The fraction of sp³-hybridized carbons (Fsp3) is 0. The molecule has 0 aliphatic heterocycles. The first-order valence-corrected chi connectivity index (χ1v) is 8.05. The maximum absolute atomic E-state index is 12.2. The molecule has 0 spiro atoms. The second-order valence-corrected chi connectivity index (χ2v) is 6.84. The summed E-state index contributed by atoms with van der Waals surface area (Å²) < 4.78 is 27.5. The Morgan fingerprint density at radius 1 is 1.05 bits per heavy atom. The van der Waals surface area contributed by atoms with Gasteiger partial charge in [0.2, 0.25) is 0 Å². The van der Waals surface area contributed by atoms with Crippen molar-refractivity contribution >= 4 is 37.3 Å². The molecule has 0 radical (unpaired) electrons. The van der Waals surface area contributed by atoms with Crippen LogP contribution in [0.15, 0.2) is 58.2 Å². The Kier molecular flexibility index (Phi) is 3.07. The molecule has 0 saturated carbocycles. The van der Waals surface area contributed by atoms with Gasteiger partial charge in [0, 0.05) is 0 Å². The van der Waals surface area contributed by atoms with Gasteiger partial charge in [0.1, 0.15) is 0 Å². The number of anilines is 1. The number of hydrogen-bond donors (Lipinski definition) is 2. The van der Waals surface area contributed by atoms with Crippen LogP contribution in [0, 0.1) is 0 Å². The van der Waals surface area contributed by atoms with Crippen LogP contribution in [0.4, 0.5) is 5.69 Å². The topological polar surface area (TPSA) is 79.0 Å². The van der Waals surface area contributed by atoms with E-state index in [1.54, 1.807) is 36.4 Å². The van der Waals surface area contributed by atoms with Gasteiger partial charge in [-0.2, -0.15) is 0 Å². The zero-order chi connectivity index (χ0) is 14.2. The van der Waals surface area contributed by atoms with Crippen LogP contribution >= 0.6 is 11.3 Å². The van der Waals surface area contributed by atoms with Crippen LogP contribution in [-0.2, 0) is 10.0 Å². The Bertz CT molecular complexity index is 911. The summed E-state index contributed by atoms with van der Waals surface area (Å²) in [5.74, 6) is 0. The summed E-state index contributed by atoms with van der Waals surface area (Å²) in [6.07, 6.45) is 0. The minimum atomic E-state index is -3.61. The average Bonchev–Trinajstić information content (AvgIpc) is 2.79. The van der Waals surface area contributed by atoms with E-state index in [2.05, 4.69) is 9.71 Å². The Morgan fingerprint density at radius 2 is 1.80 bits per heavy atom. The molecule has 0 aliphatic carbocycles. The summed E-state index contributed by atoms with van der Waals surface area (Å²) in [6.45, 7) is 0. The maximum Gasteiger partial charge on any atom is 0.305 e. The molecular formula is C13H10N2O3S2. The molecule has 7 heteroatoms. The fourth-order valence-electron chi connectivity index (χ4n) is 1.82. The van der Waals surface area contributed by atoms with Crippen molar-refractivity contribution in [2.45, 2.75) is 4.90 Å². The van der Waals surface area contributed by atoms with Gasteiger partial charge in [-0.05, 0) is 30.3 Å². The minimum absolute atomic E-state index is 0.164. The number of benzene rings is 2. The second-order valence-electron chi connectivity index (χ2n) is 4.14. The molecule has 20 heavy (non-hydrogen) atoms. The molecule has 0 aliphatic rings. The normalized spacial score (nSPS) is 11.6. The number of nitrogens with one attached hydrogen (secondary N) is 2. The van der Waals surface area contributed by atoms with Crippen LogP contribution < -0.4 is 9.60 Å². The van der Waals surface area contributed by atoms with Crippen molar-refractivity contribution in [3.8, 4) is 0 Å². The fourth-order valence-corrected chi connectivity index (χ4v) is 3.67. The lowest BCUT2D eigenvalue weighted by molar-refractivity contribution is 0.601. The van der Waals surface area contributed by atoms with Crippen molar-refractivity contribution in [3.05, 3.63) is 58.2 Å². The first-order chi connectivity index (χ1) is 9.54. The van der Waals surface area contributed by atoms with Gasteiger partial charge >= 0.3 is 4.87 Å². The maximum atomic E-state index is 12.2. The largest absolute Gasteiger partial charge is 0.312 e. The molecule has 0 atom stereocenters. The predicted molar refractivity (Wildman–Crippen MR) is 79.7 cm³/mol. The molecule has 3 aromatic rings. The Labute approximate surface area is 119 Å². The van der Waals surface area contributed by atoms with E-state index in [0.29, 0.717) is 15.9 Å². The highest BCUT2D eigenvalue weighted by atomic mass is 32.2. The quantitative estimate of drug-likeness (QED) is 0.780. The average molecular weight is 306 g/mol. The molecule has 2 aromatic carbocycles. The molecule has 0 fully saturated rings. The van der Waals surface area contributed by atoms with Gasteiger partial charge in [0.25, 0.3) is 10.0 Å². The monoisotopic (exact) mass is 306 g/mol. The van der Waals surface area contributed by atoms with E-state index in [1.165, 1.54) is 12.1 Å². The molecule has 102 valence electrons. The zero-order valence-corrected chi connectivity index (χ0v) is 11.8. The highest BCUT2D eigenvalue weighted by Gasteiger charge is 2.13. The number of hydrogen-bond acceptors (Lipinski definition) is 4. The van der Waals surface area contributed by atoms with Crippen LogP contribution in [-0.4, -0.2) is 13.4 Å². The van der Waals surface area contributed by atoms with Gasteiger partial charge in [-0.3, -0.25) is 9.52 Å². The Hall–Kier alpha value is -2.12. The molecule has 3 rings (SSSR count). The molecule has 1 aromatic heterocycles. The number of aromatic amines is 1. The van der Waals surface area contributed by atoms with E-state index in [1.807, 2.05) is 0 Å². The summed E-state index contributed by atoms with van der Waals surface area (Å²) in [7, 11) is -3.61. The summed E-state index contributed by atoms with van der Waals surface area (Å²) in [5, 5.41) is 0. The molecule has 5 nitrogen and oxygen atoms in total. The number of thiazole rings is 1. The van der Waals surface area contributed by atoms with Crippen molar-refractivity contribution in [1.29, 1.82) is 0 Å². The van der Waals surface area contributed by atoms with Crippen molar-refractivity contribution < 1.29 is 8.42 Å². The third-order valence-corrected chi connectivity index (χ3v) is 4.97. The highest BCUT2D eigenvalue weighted by molar-refractivity contribution is 7.92.